The van der Waals surface area contributed by atoms with E-state index in [1.54, 1.807) is 48.5 Å². The van der Waals surface area contributed by atoms with Crippen LogP contribution in [0.25, 0.3) is 11.1 Å². The van der Waals surface area contributed by atoms with Gasteiger partial charge in [-0.1, -0.05) is 42.5 Å². The maximum absolute atomic E-state index is 12.5. The van der Waals surface area contributed by atoms with Crippen molar-refractivity contribution in [1.82, 2.24) is 9.88 Å². The Bertz CT molecular complexity index is 1050. The van der Waals surface area contributed by atoms with Gasteiger partial charge in [0.1, 0.15) is 0 Å². The summed E-state index contributed by atoms with van der Waals surface area (Å²) in [7, 11) is 0. The summed E-state index contributed by atoms with van der Waals surface area (Å²) in [6.07, 6.45) is 0.825. The Morgan fingerprint density at radius 2 is 1.82 bits per heavy atom. The van der Waals surface area contributed by atoms with Gasteiger partial charge in [0, 0.05) is 18.2 Å². The molecule has 1 aliphatic rings. The van der Waals surface area contributed by atoms with Gasteiger partial charge in [-0.3, -0.25) is 14.2 Å². The number of carbonyl (C=O) groups is 2. The van der Waals surface area contributed by atoms with Crippen molar-refractivity contribution >= 4 is 23.0 Å². The molecule has 28 heavy (non-hydrogen) atoms. The van der Waals surface area contributed by atoms with Crippen molar-refractivity contribution in [3.8, 4) is 0 Å². The zero-order chi connectivity index (χ0) is 19.5. The first-order valence-electron chi connectivity index (χ1n) is 9.25. The highest BCUT2D eigenvalue weighted by Crippen LogP contribution is 2.23. The Morgan fingerprint density at radius 3 is 2.57 bits per heavy atom. The van der Waals surface area contributed by atoms with Crippen molar-refractivity contribution in [2.75, 3.05) is 0 Å². The lowest BCUT2D eigenvalue weighted by Crippen LogP contribution is -2.33. The van der Waals surface area contributed by atoms with E-state index < -0.39 is 17.8 Å². The summed E-state index contributed by atoms with van der Waals surface area (Å²) in [6, 6.07) is 16.1. The molecule has 0 spiro atoms. The minimum atomic E-state index is -1.01. The van der Waals surface area contributed by atoms with E-state index in [2.05, 4.69) is 5.32 Å². The van der Waals surface area contributed by atoms with E-state index in [1.807, 2.05) is 6.07 Å². The van der Waals surface area contributed by atoms with Crippen LogP contribution in [0.15, 0.2) is 63.8 Å². The van der Waals surface area contributed by atoms with Crippen LogP contribution in [-0.2, 0) is 20.9 Å². The molecule has 7 heteroatoms. The molecule has 4 rings (SSSR count). The Labute approximate surface area is 160 Å². The molecule has 1 atom stereocenters. The smallest absolute Gasteiger partial charge is 0.419 e. The molecule has 1 heterocycles. The SMILES string of the molecule is O=C(CCn1c(=O)oc2ccccc21)OC(C(=O)NC1CC1)c1ccccc1. The lowest BCUT2D eigenvalue weighted by Gasteiger charge is -2.18. The summed E-state index contributed by atoms with van der Waals surface area (Å²) in [5.74, 6) is -1.41. The van der Waals surface area contributed by atoms with Crippen molar-refractivity contribution < 1.29 is 18.7 Å². The van der Waals surface area contributed by atoms with E-state index >= 15 is 0 Å². The predicted molar refractivity (Wildman–Crippen MR) is 102 cm³/mol. The first-order chi connectivity index (χ1) is 13.6. The number of aromatic nitrogens is 1. The molecule has 0 bridgehead atoms. The molecule has 144 valence electrons. The number of hydrogen-bond donors (Lipinski definition) is 1. The van der Waals surface area contributed by atoms with E-state index in [1.165, 1.54) is 4.57 Å². The first-order valence-corrected chi connectivity index (χ1v) is 9.25. The highest BCUT2D eigenvalue weighted by Gasteiger charge is 2.30. The van der Waals surface area contributed by atoms with Crippen LogP contribution >= 0.6 is 0 Å². The van der Waals surface area contributed by atoms with Crippen molar-refractivity contribution in [3.05, 3.63) is 70.7 Å². The van der Waals surface area contributed by atoms with Crippen LogP contribution < -0.4 is 11.1 Å². The number of para-hydroxylation sites is 2. The second kappa shape index (κ2) is 7.72. The lowest BCUT2D eigenvalue weighted by atomic mass is 10.1. The number of rotatable bonds is 7. The van der Waals surface area contributed by atoms with Gasteiger partial charge < -0.3 is 14.5 Å². The normalized spacial score (nSPS) is 14.6. The number of nitrogens with zero attached hydrogens (tertiary/aromatic N) is 1. The summed E-state index contributed by atoms with van der Waals surface area (Å²) >= 11 is 0. The fourth-order valence-electron chi connectivity index (χ4n) is 3.02. The standard InChI is InChI=1S/C21H20N2O5/c24-18(12-13-23-16-8-4-5-9-17(16)27-21(23)26)28-19(14-6-2-1-3-7-14)20(25)22-15-10-11-15/h1-9,15,19H,10-13H2,(H,22,25). The number of oxazole rings is 1. The summed E-state index contributed by atoms with van der Waals surface area (Å²) in [5.41, 5.74) is 1.69. The highest BCUT2D eigenvalue weighted by atomic mass is 16.5. The Hall–Kier alpha value is -3.35. The lowest BCUT2D eigenvalue weighted by molar-refractivity contribution is -0.156. The molecular formula is C21H20N2O5. The quantitative estimate of drug-likeness (QED) is 0.636. The number of ether oxygens (including phenoxy) is 1. The first kappa shape index (κ1) is 18.0. The molecule has 1 N–H and O–H groups in total. The largest absolute Gasteiger partial charge is 0.447 e. The number of hydrogen-bond acceptors (Lipinski definition) is 5. The van der Waals surface area contributed by atoms with E-state index in [0.29, 0.717) is 16.7 Å². The van der Waals surface area contributed by atoms with E-state index in [9.17, 15) is 14.4 Å². The molecule has 1 amide bonds. The average Bonchev–Trinajstić information content (AvgIpc) is 3.46. The number of esters is 1. The second-order valence-electron chi connectivity index (χ2n) is 6.80. The van der Waals surface area contributed by atoms with Crippen LogP contribution in [0.2, 0.25) is 0 Å². The summed E-state index contributed by atoms with van der Waals surface area (Å²) < 4.78 is 12.0. The monoisotopic (exact) mass is 380 g/mol. The van der Waals surface area contributed by atoms with Crippen LogP contribution in [-0.4, -0.2) is 22.5 Å². The third-order valence-electron chi connectivity index (χ3n) is 4.63. The molecule has 7 nitrogen and oxygen atoms in total. The molecule has 3 aromatic rings. The maximum Gasteiger partial charge on any atom is 0.419 e. The van der Waals surface area contributed by atoms with E-state index in [-0.39, 0.29) is 24.9 Å². The third kappa shape index (κ3) is 3.98. The molecule has 0 radical (unpaired) electrons. The molecule has 1 aliphatic carbocycles. The van der Waals surface area contributed by atoms with Gasteiger partial charge in [-0.15, -0.1) is 0 Å². The molecule has 0 aliphatic heterocycles. The van der Waals surface area contributed by atoms with Crippen LogP contribution in [0.1, 0.15) is 30.9 Å². The minimum Gasteiger partial charge on any atom is -0.447 e. The van der Waals surface area contributed by atoms with E-state index in [0.717, 1.165) is 12.8 Å². The average molecular weight is 380 g/mol. The summed E-state index contributed by atoms with van der Waals surface area (Å²) in [5, 5.41) is 2.87. The van der Waals surface area contributed by atoms with Crippen LogP contribution in [0.3, 0.4) is 0 Å². The van der Waals surface area contributed by atoms with Gasteiger partial charge in [0.25, 0.3) is 5.91 Å². The number of amides is 1. The number of carbonyl (C=O) groups excluding carboxylic acids is 2. The second-order valence-corrected chi connectivity index (χ2v) is 6.80. The molecule has 0 saturated heterocycles. The van der Waals surface area contributed by atoms with Crippen molar-refractivity contribution in [1.29, 1.82) is 0 Å². The van der Waals surface area contributed by atoms with Crippen LogP contribution in [0, 0.1) is 0 Å². The number of aryl methyl sites for hydroxylation is 1. The maximum atomic E-state index is 12.5. The number of benzene rings is 2. The number of nitrogens with one attached hydrogen (secondary N) is 1. The number of fused-ring (bicyclic) bond motifs is 1. The van der Waals surface area contributed by atoms with Gasteiger partial charge >= 0.3 is 11.7 Å². The van der Waals surface area contributed by atoms with Crippen molar-refractivity contribution in [2.24, 2.45) is 0 Å². The molecule has 1 unspecified atom stereocenters. The summed E-state index contributed by atoms with van der Waals surface area (Å²) in [4.78, 5) is 37.0. The molecule has 1 saturated carbocycles. The zero-order valence-electron chi connectivity index (χ0n) is 15.2. The topological polar surface area (TPSA) is 90.5 Å². The third-order valence-corrected chi connectivity index (χ3v) is 4.63. The Kier molecular flexibility index (Phi) is 4.97. The highest BCUT2D eigenvalue weighted by molar-refractivity contribution is 5.85. The van der Waals surface area contributed by atoms with Crippen LogP contribution in [0.4, 0.5) is 0 Å². The van der Waals surface area contributed by atoms with Gasteiger partial charge in [-0.2, -0.15) is 0 Å². The van der Waals surface area contributed by atoms with Gasteiger partial charge in [0.15, 0.2) is 5.58 Å². The van der Waals surface area contributed by atoms with Gasteiger partial charge in [-0.05, 0) is 25.0 Å². The molecular weight excluding hydrogens is 360 g/mol. The van der Waals surface area contributed by atoms with Gasteiger partial charge in [0.2, 0.25) is 6.10 Å². The Balaban J connectivity index is 1.46. The van der Waals surface area contributed by atoms with Crippen molar-refractivity contribution in [3.63, 3.8) is 0 Å². The summed E-state index contributed by atoms with van der Waals surface area (Å²) in [6.45, 7) is 0.112. The molecule has 2 aromatic carbocycles. The van der Waals surface area contributed by atoms with Crippen LogP contribution in [0.5, 0.6) is 0 Å². The molecule has 1 fully saturated rings. The van der Waals surface area contributed by atoms with Gasteiger partial charge in [-0.25, -0.2) is 4.79 Å². The van der Waals surface area contributed by atoms with Crippen molar-refractivity contribution in [2.45, 2.75) is 38.0 Å². The van der Waals surface area contributed by atoms with Gasteiger partial charge in [0.05, 0.1) is 11.9 Å². The van der Waals surface area contributed by atoms with E-state index in [4.69, 9.17) is 9.15 Å². The molecule has 1 aromatic heterocycles. The fraction of sp³-hybridized carbons (Fsp3) is 0.286. The zero-order valence-corrected chi connectivity index (χ0v) is 15.2. The predicted octanol–water partition coefficient (Wildman–Crippen LogP) is 2.55. The minimum absolute atomic E-state index is 0.0521. The Morgan fingerprint density at radius 1 is 1.11 bits per heavy atom. The fourth-order valence-corrected chi connectivity index (χ4v) is 3.02.